The quantitative estimate of drug-likeness (QED) is 0.814. The van der Waals surface area contributed by atoms with E-state index in [1.165, 1.54) is 0 Å². The number of aromatic hydroxyl groups is 1. The zero-order valence-corrected chi connectivity index (χ0v) is 9.25. The van der Waals surface area contributed by atoms with E-state index >= 15 is 0 Å². The number of nitrogens with one attached hydrogen (secondary N) is 1. The highest BCUT2D eigenvalue weighted by atomic mass is 16.3. The summed E-state index contributed by atoms with van der Waals surface area (Å²) >= 11 is 0. The van der Waals surface area contributed by atoms with Crippen molar-refractivity contribution in [3.05, 3.63) is 36.4 Å². The zero-order valence-electron chi connectivity index (χ0n) is 9.25. The molecular formula is C11H14N4O. The molecule has 0 saturated heterocycles. The Kier molecular flexibility index (Phi) is 2.87. The highest BCUT2D eigenvalue weighted by Crippen LogP contribution is 2.19. The molecule has 1 aromatic carbocycles. The molecule has 84 valence electrons. The molecule has 1 unspecified atom stereocenters. The average molecular weight is 218 g/mol. The predicted molar refractivity (Wildman–Crippen MR) is 60.5 cm³/mol. The number of nitrogens with zero attached hydrogens (tertiary/aromatic N) is 3. The molecule has 5 nitrogen and oxygen atoms in total. The third-order valence-electron chi connectivity index (χ3n) is 2.46. The van der Waals surface area contributed by atoms with E-state index in [1.54, 1.807) is 29.2 Å². The van der Waals surface area contributed by atoms with E-state index in [0.717, 1.165) is 0 Å². The van der Waals surface area contributed by atoms with Crippen LogP contribution in [0.2, 0.25) is 0 Å². The molecule has 0 fully saturated rings. The number of phenols is 1. The Morgan fingerprint density at radius 3 is 2.81 bits per heavy atom. The van der Waals surface area contributed by atoms with Gasteiger partial charge in [-0.05, 0) is 26.1 Å². The maximum absolute atomic E-state index is 9.66. The van der Waals surface area contributed by atoms with Gasteiger partial charge in [0.1, 0.15) is 17.8 Å². The normalized spacial score (nSPS) is 12.6. The highest BCUT2D eigenvalue weighted by molar-refractivity contribution is 5.44. The van der Waals surface area contributed by atoms with Gasteiger partial charge in [0.25, 0.3) is 0 Å². The Morgan fingerprint density at radius 2 is 2.12 bits per heavy atom. The Morgan fingerprint density at radius 1 is 1.38 bits per heavy atom. The van der Waals surface area contributed by atoms with Crippen molar-refractivity contribution in [2.45, 2.75) is 13.0 Å². The summed E-state index contributed by atoms with van der Waals surface area (Å²) in [4.78, 5) is 4.18. The van der Waals surface area contributed by atoms with Crippen molar-refractivity contribution in [1.82, 2.24) is 20.1 Å². The van der Waals surface area contributed by atoms with Crippen molar-refractivity contribution >= 4 is 0 Å². The number of hydrogen-bond acceptors (Lipinski definition) is 4. The van der Waals surface area contributed by atoms with E-state index in [4.69, 9.17) is 0 Å². The smallest absolute Gasteiger partial charge is 0.167 e. The minimum Gasteiger partial charge on any atom is -0.506 e. The van der Waals surface area contributed by atoms with Crippen molar-refractivity contribution in [2.75, 3.05) is 7.05 Å². The molecule has 0 saturated carbocycles. The van der Waals surface area contributed by atoms with Crippen LogP contribution in [0.1, 0.15) is 18.8 Å². The summed E-state index contributed by atoms with van der Waals surface area (Å²) in [6.45, 7) is 1.98. The summed E-state index contributed by atoms with van der Waals surface area (Å²) in [7, 11) is 1.85. The lowest BCUT2D eigenvalue weighted by molar-refractivity contribution is 0.470. The third-order valence-corrected chi connectivity index (χ3v) is 2.46. The topological polar surface area (TPSA) is 63.0 Å². The van der Waals surface area contributed by atoms with E-state index in [0.29, 0.717) is 11.5 Å². The molecule has 0 aliphatic heterocycles. The second kappa shape index (κ2) is 4.32. The summed E-state index contributed by atoms with van der Waals surface area (Å²) in [5, 5.41) is 17.0. The number of benzene rings is 1. The first-order valence-electron chi connectivity index (χ1n) is 5.09. The first-order chi connectivity index (χ1) is 7.72. The summed E-state index contributed by atoms with van der Waals surface area (Å²) in [6, 6.07) is 7.12. The van der Waals surface area contributed by atoms with Gasteiger partial charge in [0.05, 0.1) is 6.04 Å². The molecule has 1 heterocycles. The van der Waals surface area contributed by atoms with Crippen molar-refractivity contribution in [3.63, 3.8) is 0 Å². The van der Waals surface area contributed by atoms with Crippen LogP contribution in [0.25, 0.3) is 5.69 Å². The van der Waals surface area contributed by atoms with Gasteiger partial charge in [-0.2, -0.15) is 0 Å². The Labute approximate surface area is 93.8 Å². The van der Waals surface area contributed by atoms with Crippen molar-refractivity contribution < 1.29 is 5.11 Å². The minimum absolute atomic E-state index is 0.0899. The summed E-state index contributed by atoms with van der Waals surface area (Å²) in [5.41, 5.74) is 0.629. The number of phenolic OH excluding ortho intramolecular Hbond substituents is 1. The van der Waals surface area contributed by atoms with Crippen LogP contribution in [0.5, 0.6) is 5.75 Å². The van der Waals surface area contributed by atoms with Gasteiger partial charge in [0.2, 0.25) is 0 Å². The SMILES string of the molecule is CNC(C)c1ncn(-c2ccccc2O)n1. The zero-order chi connectivity index (χ0) is 11.5. The van der Waals surface area contributed by atoms with E-state index in [1.807, 2.05) is 20.0 Å². The molecule has 0 amide bonds. The Hall–Kier alpha value is -1.88. The van der Waals surface area contributed by atoms with Crippen LogP contribution in [0.4, 0.5) is 0 Å². The molecule has 1 atom stereocenters. The fourth-order valence-electron chi connectivity index (χ4n) is 1.38. The van der Waals surface area contributed by atoms with Gasteiger partial charge in [-0.3, -0.25) is 0 Å². The van der Waals surface area contributed by atoms with Gasteiger partial charge in [-0.15, -0.1) is 5.10 Å². The second-order valence-electron chi connectivity index (χ2n) is 3.55. The number of aromatic nitrogens is 3. The lowest BCUT2D eigenvalue weighted by atomic mass is 10.3. The highest BCUT2D eigenvalue weighted by Gasteiger charge is 2.10. The summed E-state index contributed by atoms with van der Waals surface area (Å²) < 4.78 is 1.57. The average Bonchev–Trinajstić information content (AvgIpc) is 2.78. The lowest BCUT2D eigenvalue weighted by Gasteiger charge is -2.05. The summed E-state index contributed by atoms with van der Waals surface area (Å²) in [6.07, 6.45) is 1.60. The van der Waals surface area contributed by atoms with E-state index in [-0.39, 0.29) is 11.8 Å². The predicted octanol–water partition coefficient (Wildman–Crippen LogP) is 1.25. The maximum Gasteiger partial charge on any atom is 0.167 e. The van der Waals surface area contributed by atoms with Crippen LogP contribution in [0.15, 0.2) is 30.6 Å². The van der Waals surface area contributed by atoms with Crippen molar-refractivity contribution in [1.29, 1.82) is 0 Å². The monoisotopic (exact) mass is 218 g/mol. The van der Waals surface area contributed by atoms with Crippen LogP contribution >= 0.6 is 0 Å². The van der Waals surface area contributed by atoms with E-state index in [2.05, 4.69) is 15.4 Å². The molecule has 2 aromatic rings. The van der Waals surface area contributed by atoms with Crippen LogP contribution in [-0.4, -0.2) is 26.9 Å². The van der Waals surface area contributed by atoms with Crippen molar-refractivity contribution in [2.24, 2.45) is 0 Å². The number of para-hydroxylation sites is 2. The summed E-state index contributed by atoms with van der Waals surface area (Å²) in [5.74, 6) is 0.891. The standard InChI is InChI=1S/C11H14N4O/c1-8(12-2)11-13-7-15(14-11)9-5-3-4-6-10(9)16/h3-8,12,16H,1-2H3. The fraction of sp³-hybridized carbons (Fsp3) is 0.273. The number of rotatable bonds is 3. The lowest BCUT2D eigenvalue weighted by Crippen LogP contribution is -2.14. The molecule has 0 aliphatic carbocycles. The molecule has 2 rings (SSSR count). The first kappa shape index (κ1) is 10.6. The molecule has 0 bridgehead atoms. The fourth-order valence-corrected chi connectivity index (χ4v) is 1.38. The largest absolute Gasteiger partial charge is 0.506 e. The molecule has 0 radical (unpaired) electrons. The van der Waals surface area contributed by atoms with Gasteiger partial charge in [-0.1, -0.05) is 12.1 Å². The van der Waals surface area contributed by atoms with E-state index in [9.17, 15) is 5.11 Å². The maximum atomic E-state index is 9.66. The van der Waals surface area contributed by atoms with Gasteiger partial charge in [0.15, 0.2) is 5.82 Å². The second-order valence-corrected chi connectivity index (χ2v) is 3.55. The molecular weight excluding hydrogens is 204 g/mol. The van der Waals surface area contributed by atoms with Crippen LogP contribution in [-0.2, 0) is 0 Å². The van der Waals surface area contributed by atoms with Crippen molar-refractivity contribution in [3.8, 4) is 11.4 Å². The third kappa shape index (κ3) is 1.90. The van der Waals surface area contributed by atoms with Gasteiger partial charge in [0, 0.05) is 0 Å². The van der Waals surface area contributed by atoms with E-state index < -0.39 is 0 Å². The first-order valence-corrected chi connectivity index (χ1v) is 5.09. The van der Waals surface area contributed by atoms with Gasteiger partial charge >= 0.3 is 0 Å². The Bertz CT molecular complexity index is 480. The van der Waals surface area contributed by atoms with Crippen LogP contribution < -0.4 is 5.32 Å². The molecule has 0 spiro atoms. The molecule has 5 heteroatoms. The van der Waals surface area contributed by atoms with Crippen LogP contribution in [0, 0.1) is 0 Å². The minimum atomic E-state index is 0.0899. The molecule has 2 N–H and O–H groups in total. The number of hydrogen-bond donors (Lipinski definition) is 2. The molecule has 16 heavy (non-hydrogen) atoms. The van der Waals surface area contributed by atoms with Crippen LogP contribution in [0.3, 0.4) is 0 Å². The molecule has 0 aliphatic rings. The molecule has 1 aromatic heterocycles. The van der Waals surface area contributed by atoms with Gasteiger partial charge < -0.3 is 10.4 Å². The van der Waals surface area contributed by atoms with Gasteiger partial charge in [-0.25, -0.2) is 9.67 Å². The Balaban J connectivity index is 2.35.